The van der Waals surface area contributed by atoms with E-state index in [1.807, 2.05) is 0 Å². The number of rotatable bonds is 4. The number of ether oxygens (including phenoxy) is 4. The summed E-state index contributed by atoms with van der Waals surface area (Å²) in [7, 11) is 2.93. The summed E-state index contributed by atoms with van der Waals surface area (Å²) >= 11 is 0. The van der Waals surface area contributed by atoms with Crippen molar-refractivity contribution in [2.24, 2.45) is 0 Å². The predicted octanol–water partition coefficient (Wildman–Crippen LogP) is 1.05. The largest absolute Gasteiger partial charge is 0.493 e. The molecule has 0 saturated heterocycles. The van der Waals surface area contributed by atoms with Gasteiger partial charge in [0.25, 0.3) is 12.8 Å². The average Bonchev–Trinajstić information content (AvgIpc) is 2.65. The first-order chi connectivity index (χ1) is 8.21. The molecule has 2 rings (SSSR count). The molecule has 0 bridgehead atoms. The highest BCUT2D eigenvalue weighted by Crippen LogP contribution is 2.39. The van der Waals surface area contributed by atoms with Gasteiger partial charge in [0.15, 0.2) is 11.5 Å². The van der Waals surface area contributed by atoms with Crippen molar-refractivity contribution in [3.63, 3.8) is 0 Å². The lowest BCUT2D eigenvalue weighted by molar-refractivity contribution is -0.151. The number of benzene rings is 1. The molecule has 0 N–H and O–H groups in total. The first-order valence-corrected chi connectivity index (χ1v) is 4.77. The van der Waals surface area contributed by atoms with Crippen molar-refractivity contribution in [2.75, 3.05) is 14.2 Å². The van der Waals surface area contributed by atoms with Gasteiger partial charge in [-0.1, -0.05) is 0 Å². The molecule has 1 atom stereocenters. The third kappa shape index (κ3) is 1.77. The van der Waals surface area contributed by atoms with Crippen molar-refractivity contribution in [1.29, 1.82) is 0 Å². The maximum atomic E-state index is 11.5. The molecule has 1 heterocycles. The van der Waals surface area contributed by atoms with Crippen LogP contribution in [-0.2, 0) is 14.3 Å². The Labute approximate surface area is 97.0 Å². The molecule has 0 amide bonds. The van der Waals surface area contributed by atoms with Gasteiger partial charge in [0.2, 0.25) is 0 Å². The molecule has 17 heavy (non-hydrogen) atoms. The van der Waals surface area contributed by atoms with E-state index in [0.717, 1.165) is 0 Å². The highest BCUT2D eigenvalue weighted by atomic mass is 16.7. The van der Waals surface area contributed by atoms with Gasteiger partial charge in [0, 0.05) is 0 Å². The number of hydrogen-bond donors (Lipinski definition) is 0. The van der Waals surface area contributed by atoms with E-state index in [9.17, 15) is 9.59 Å². The van der Waals surface area contributed by atoms with E-state index in [4.69, 9.17) is 14.2 Å². The molecule has 1 aromatic rings. The number of methoxy groups -OCH3 is 2. The summed E-state index contributed by atoms with van der Waals surface area (Å²) in [5.74, 6) is 0.284. The summed E-state index contributed by atoms with van der Waals surface area (Å²) in [4.78, 5) is 21.8. The Morgan fingerprint density at radius 2 is 1.88 bits per heavy atom. The lowest BCUT2D eigenvalue weighted by atomic mass is 10.1. The second-order valence-electron chi connectivity index (χ2n) is 3.26. The van der Waals surface area contributed by atoms with Gasteiger partial charge in [0.05, 0.1) is 25.3 Å². The van der Waals surface area contributed by atoms with Crippen LogP contribution in [0, 0.1) is 0 Å². The van der Waals surface area contributed by atoms with Crippen LogP contribution in [0.3, 0.4) is 0 Å². The van der Waals surface area contributed by atoms with Gasteiger partial charge in [-0.05, 0) is 12.1 Å². The maximum absolute atomic E-state index is 11.5. The van der Waals surface area contributed by atoms with Crippen molar-refractivity contribution < 1.29 is 28.5 Å². The van der Waals surface area contributed by atoms with Gasteiger partial charge in [0.1, 0.15) is 0 Å². The normalized spacial score (nSPS) is 17.1. The van der Waals surface area contributed by atoms with E-state index in [-0.39, 0.29) is 6.47 Å². The van der Waals surface area contributed by atoms with Gasteiger partial charge in [-0.15, -0.1) is 0 Å². The lowest BCUT2D eigenvalue weighted by Crippen LogP contribution is -2.02. The second-order valence-corrected chi connectivity index (χ2v) is 3.26. The number of carbonyl (C=O) groups excluding carboxylic acids is 2. The zero-order valence-electron chi connectivity index (χ0n) is 9.26. The van der Waals surface area contributed by atoms with Crippen molar-refractivity contribution >= 4 is 12.4 Å². The van der Waals surface area contributed by atoms with Gasteiger partial charge in [-0.25, -0.2) is 4.79 Å². The van der Waals surface area contributed by atoms with E-state index in [1.54, 1.807) is 6.07 Å². The van der Waals surface area contributed by atoms with E-state index in [1.165, 1.54) is 20.3 Å². The minimum absolute atomic E-state index is 0.226. The first kappa shape index (κ1) is 11.3. The van der Waals surface area contributed by atoms with Crippen LogP contribution in [0.1, 0.15) is 22.2 Å². The summed E-state index contributed by atoms with van der Waals surface area (Å²) in [6, 6.07) is 3.04. The predicted molar refractivity (Wildman–Crippen MR) is 54.9 cm³/mol. The third-order valence-corrected chi connectivity index (χ3v) is 2.42. The molecule has 0 aromatic heterocycles. The molecule has 0 saturated carbocycles. The van der Waals surface area contributed by atoms with Crippen LogP contribution in [0.5, 0.6) is 11.5 Å². The van der Waals surface area contributed by atoms with Gasteiger partial charge >= 0.3 is 5.97 Å². The van der Waals surface area contributed by atoms with Crippen LogP contribution in [0.25, 0.3) is 0 Å². The fraction of sp³-hybridized carbons (Fsp3) is 0.273. The molecule has 0 radical (unpaired) electrons. The standard InChI is InChI=1S/C11H10O6/c1-14-8-3-6-7(4-9(8)15-2)11(16-5-12)17-10(6)13/h3-5,11H,1-2H3. The molecule has 1 aromatic carbocycles. The summed E-state index contributed by atoms with van der Waals surface area (Å²) in [5, 5.41) is 0. The molecule has 90 valence electrons. The molecule has 1 unspecified atom stereocenters. The SMILES string of the molecule is COc1cc2c(cc1OC)C(OC=O)OC2=O. The molecular formula is C11H10O6. The zero-order chi connectivity index (χ0) is 12.4. The summed E-state index contributed by atoms with van der Waals surface area (Å²) < 4.78 is 19.7. The number of cyclic esters (lactones) is 1. The monoisotopic (exact) mass is 238 g/mol. The maximum Gasteiger partial charge on any atom is 0.342 e. The Balaban J connectivity index is 2.50. The quantitative estimate of drug-likeness (QED) is 0.576. The Morgan fingerprint density at radius 1 is 1.24 bits per heavy atom. The molecular weight excluding hydrogens is 228 g/mol. The molecule has 0 fully saturated rings. The minimum atomic E-state index is -1.02. The number of fused-ring (bicyclic) bond motifs is 1. The Hall–Kier alpha value is -2.24. The summed E-state index contributed by atoms with van der Waals surface area (Å²) in [6.45, 7) is 0.226. The van der Waals surface area contributed by atoms with Gasteiger partial charge < -0.3 is 18.9 Å². The van der Waals surface area contributed by atoms with Crippen LogP contribution in [0.4, 0.5) is 0 Å². The molecule has 6 heteroatoms. The molecule has 0 aliphatic carbocycles. The van der Waals surface area contributed by atoms with E-state index >= 15 is 0 Å². The Bertz CT molecular complexity index is 467. The third-order valence-electron chi connectivity index (χ3n) is 2.42. The fourth-order valence-corrected chi connectivity index (χ4v) is 1.64. The van der Waals surface area contributed by atoms with Crippen molar-refractivity contribution in [3.8, 4) is 11.5 Å². The van der Waals surface area contributed by atoms with E-state index in [2.05, 4.69) is 4.74 Å². The topological polar surface area (TPSA) is 71.1 Å². The summed E-state index contributed by atoms with van der Waals surface area (Å²) in [6.07, 6.45) is -1.02. The number of hydrogen-bond acceptors (Lipinski definition) is 6. The van der Waals surface area contributed by atoms with E-state index in [0.29, 0.717) is 22.6 Å². The first-order valence-electron chi connectivity index (χ1n) is 4.77. The number of esters is 1. The smallest absolute Gasteiger partial charge is 0.342 e. The Morgan fingerprint density at radius 3 is 2.47 bits per heavy atom. The van der Waals surface area contributed by atoms with Crippen molar-refractivity contribution in [2.45, 2.75) is 6.29 Å². The van der Waals surface area contributed by atoms with Gasteiger partial charge in [-0.3, -0.25) is 4.79 Å². The zero-order valence-corrected chi connectivity index (χ0v) is 9.26. The highest BCUT2D eigenvalue weighted by Gasteiger charge is 2.34. The Kier molecular flexibility index (Phi) is 2.86. The molecule has 0 spiro atoms. The van der Waals surface area contributed by atoms with Crippen LogP contribution in [0.15, 0.2) is 12.1 Å². The van der Waals surface area contributed by atoms with Crippen LogP contribution in [0.2, 0.25) is 0 Å². The highest BCUT2D eigenvalue weighted by molar-refractivity contribution is 5.94. The van der Waals surface area contributed by atoms with E-state index < -0.39 is 12.3 Å². The minimum Gasteiger partial charge on any atom is -0.493 e. The van der Waals surface area contributed by atoms with Crippen LogP contribution in [-0.4, -0.2) is 26.7 Å². The molecule has 1 aliphatic heterocycles. The van der Waals surface area contributed by atoms with Crippen LogP contribution >= 0.6 is 0 Å². The number of carbonyl (C=O) groups is 2. The second kappa shape index (κ2) is 4.32. The molecule has 6 nitrogen and oxygen atoms in total. The van der Waals surface area contributed by atoms with Crippen molar-refractivity contribution in [1.82, 2.24) is 0 Å². The van der Waals surface area contributed by atoms with Crippen molar-refractivity contribution in [3.05, 3.63) is 23.3 Å². The average molecular weight is 238 g/mol. The summed E-state index contributed by atoms with van der Waals surface area (Å²) in [5.41, 5.74) is 0.745. The van der Waals surface area contributed by atoms with Gasteiger partial charge in [-0.2, -0.15) is 0 Å². The van der Waals surface area contributed by atoms with Crippen LogP contribution < -0.4 is 9.47 Å². The fourth-order valence-electron chi connectivity index (χ4n) is 1.64. The lowest BCUT2D eigenvalue weighted by Gasteiger charge is -2.10. The molecule has 1 aliphatic rings.